The molecule has 2 fully saturated rings. The molecular formula is C18H26O3. The number of ether oxygens (including phenoxy) is 2. The molecule has 1 N–H and O–H groups in total. The van der Waals surface area contributed by atoms with Crippen LogP contribution in [0.3, 0.4) is 0 Å². The monoisotopic (exact) mass is 290 g/mol. The zero-order valence-corrected chi connectivity index (χ0v) is 13.7. The highest BCUT2D eigenvalue weighted by atomic mass is 16.5. The summed E-state index contributed by atoms with van der Waals surface area (Å²) in [7, 11) is 0. The van der Waals surface area contributed by atoms with Crippen LogP contribution in [0.4, 0.5) is 0 Å². The second-order valence-corrected chi connectivity index (χ2v) is 7.92. The number of hydrogen-bond donors (Lipinski definition) is 1. The molecular weight excluding hydrogens is 264 g/mol. The van der Waals surface area contributed by atoms with E-state index in [1.807, 2.05) is 0 Å². The summed E-state index contributed by atoms with van der Waals surface area (Å²) in [6.07, 6.45) is 0.215. The molecule has 2 atom stereocenters. The summed E-state index contributed by atoms with van der Waals surface area (Å²) in [5.74, 6) is 0. The quantitative estimate of drug-likeness (QED) is 0.923. The van der Waals surface area contributed by atoms with E-state index in [1.54, 1.807) is 0 Å². The summed E-state index contributed by atoms with van der Waals surface area (Å²) in [6.45, 7) is 12.6. The molecule has 0 saturated carbocycles. The zero-order valence-electron chi connectivity index (χ0n) is 13.7. The fraction of sp³-hybridized carbons (Fsp3) is 0.667. The number of benzene rings is 1. The van der Waals surface area contributed by atoms with Gasteiger partial charge in [-0.15, -0.1) is 0 Å². The maximum absolute atomic E-state index is 9.75. The van der Waals surface area contributed by atoms with Crippen LogP contribution in [0.15, 0.2) is 12.1 Å². The van der Waals surface area contributed by atoms with Crippen molar-refractivity contribution in [2.75, 3.05) is 13.2 Å². The van der Waals surface area contributed by atoms with E-state index in [4.69, 9.17) is 9.47 Å². The third kappa shape index (κ3) is 2.32. The van der Waals surface area contributed by atoms with Crippen LogP contribution >= 0.6 is 0 Å². The molecule has 0 aromatic heterocycles. The number of rotatable bonds is 3. The van der Waals surface area contributed by atoms with E-state index < -0.39 is 0 Å². The van der Waals surface area contributed by atoms with Crippen LogP contribution in [-0.4, -0.2) is 18.3 Å². The second kappa shape index (κ2) is 4.80. The van der Waals surface area contributed by atoms with Gasteiger partial charge in [-0.25, -0.2) is 0 Å². The van der Waals surface area contributed by atoms with Gasteiger partial charge in [-0.05, 0) is 29.2 Å². The van der Waals surface area contributed by atoms with Gasteiger partial charge in [0.1, 0.15) is 0 Å². The minimum absolute atomic E-state index is 0.0618. The van der Waals surface area contributed by atoms with Crippen molar-refractivity contribution >= 4 is 0 Å². The molecule has 2 aliphatic heterocycles. The molecule has 2 aliphatic rings. The summed E-state index contributed by atoms with van der Waals surface area (Å²) in [5.41, 5.74) is 4.79. The maximum Gasteiger partial charge on any atom is 0.0901 e. The van der Waals surface area contributed by atoms with Crippen LogP contribution < -0.4 is 0 Å². The Balaban J connectivity index is 2.03. The number of aliphatic hydroxyl groups excluding tert-OH is 1. The van der Waals surface area contributed by atoms with E-state index in [9.17, 15) is 5.11 Å². The molecule has 2 heterocycles. The van der Waals surface area contributed by atoms with Crippen LogP contribution in [0.2, 0.25) is 0 Å². The highest BCUT2D eigenvalue weighted by Gasteiger charge is 2.44. The minimum atomic E-state index is 0.0618. The Morgan fingerprint density at radius 1 is 1.05 bits per heavy atom. The van der Waals surface area contributed by atoms with Gasteiger partial charge in [0, 0.05) is 10.8 Å². The molecule has 2 saturated heterocycles. The van der Waals surface area contributed by atoms with Gasteiger partial charge < -0.3 is 14.6 Å². The minimum Gasteiger partial charge on any atom is -0.392 e. The van der Waals surface area contributed by atoms with Crippen LogP contribution in [0.5, 0.6) is 0 Å². The highest BCUT2D eigenvalue weighted by molar-refractivity contribution is 5.42. The van der Waals surface area contributed by atoms with Gasteiger partial charge in [0.15, 0.2) is 0 Å². The first kappa shape index (κ1) is 15.0. The van der Waals surface area contributed by atoms with Crippen molar-refractivity contribution in [1.82, 2.24) is 0 Å². The van der Waals surface area contributed by atoms with Crippen molar-refractivity contribution in [2.45, 2.75) is 53.4 Å². The van der Waals surface area contributed by atoms with Crippen molar-refractivity contribution in [3.05, 3.63) is 34.4 Å². The lowest BCUT2D eigenvalue weighted by Crippen LogP contribution is -2.42. The largest absolute Gasteiger partial charge is 0.392 e. The molecule has 0 spiro atoms. The van der Waals surface area contributed by atoms with Crippen molar-refractivity contribution < 1.29 is 14.6 Å². The molecule has 3 heteroatoms. The van der Waals surface area contributed by atoms with E-state index in [0.717, 1.165) is 29.9 Å². The van der Waals surface area contributed by atoms with Crippen molar-refractivity contribution in [2.24, 2.45) is 10.8 Å². The summed E-state index contributed by atoms with van der Waals surface area (Å²) >= 11 is 0. The average molecular weight is 290 g/mol. The Morgan fingerprint density at radius 2 is 1.62 bits per heavy atom. The molecule has 0 radical (unpaired) electrons. The van der Waals surface area contributed by atoms with Crippen molar-refractivity contribution in [1.29, 1.82) is 0 Å². The Bertz CT molecular complexity index is 560. The van der Waals surface area contributed by atoms with Gasteiger partial charge in [0.25, 0.3) is 0 Å². The van der Waals surface area contributed by atoms with Gasteiger partial charge in [0.05, 0.1) is 32.0 Å². The van der Waals surface area contributed by atoms with E-state index in [1.165, 1.54) is 5.56 Å². The molecule has 21 heavy (non-hydrogen) atoms. The Hall–Kier alpha value is -0.900. The Labute approximate surface area is 127 Å². The predicted molar refractivity (Wildman–Crippen MR) is 82.0 cm³/mol. The van der Waals surface area contributed by atoms with Gasteiger partial charge >= 0.3 is 0 Å². The third-order valence-electron chi connectivity index (χ3n) is 4.94. The second-order valence-electron chi connectivity index (χ2n) is 7.92. The summed E-state index contributed by atoms with van der Waals surface area (Å²) in [6, 6.07) is 4.35. The molecule has 1 aromatic rings. The summed E-state index contributed by atoms with van der Waals surface area (Å²) < 4.78 is 11.6. The highest BCUT2D eigenvalue weighted by Crippen LogP contribution is 2.50. The molecule has 3 nitrogen and oxygen atoms in total. The smallest absolute Gasteiger partial charge is 0.0901 e. The van der Waals surface area contributed by atoms with Crippen LogP contribution in [0, 0.1) is 17.8 Å². The third-order valence-corrected chi connectivity index (χ3v) is 4.94. The van der Waals surface area contributed by atoms with Crippen LogP contribution in [-0.2, 0) is 16.1 Å². The van der Waals surface area contributed by atoms with Crippen molar-refractivity contribution in [3.63, 3.8) is 0 Å². The first-order valence-corrected chi connectivity index (χ1v) is 7.74. The Morgan fingerprint density at radius 3 is 2.00 bits per heavy atom. The molecule has 0 aliphatic carbocycles. The van der Waals surface area contributed by atoms with Gasteiger partial charge in [-0.1, -0.05) is 39.8 Å². The fourth-order valence-corrected chi connectivity index (χ4v) is 3.53. The number of hydrogen-bond acceptors (Lipinski definition) is 3. The molecule has 116 valence electrons. The Kier molecular flexibility index (Phi) is 3.43. The van der Waals surface area contributed by atoms with Crippen LogP contribution in [0.1, 0.15) is 62.2 Å². The molecule has 0 bridgehead atoms. The molecule has 0 amide bonds. The van der Waals surface area contributed by atoms with Gasteiger partial charge in [-0.2, -0.15) is 0 Å². The molecule has 2 unspecified atom stereocenters. The van der Waals surface area contributed by atoms with Gasteiger partial charge in [0.2, 0.25) is 0 Å². The molecule has 3 rings (SSSR count). The lowest BCUT2D eigenvalue weighted by molar-refractivity contribution is -0.175. The SMILES string of the molecule is Cc1cc(C2OCC2(C)C)cc(C2OCC2(C)C)c1CO. The van der Waals surface area contributed by atoms with Crippen molar-refractivity contribution in [3.8, 4) is 0 Å². The number of aliphatic hydroxyl groups is 1. The maximum atomic E-state index is 9.75. The zero-order chi connectivity index (χ0) is 15.4. The average Bonchev–Trinajstić information content (AvgIpc) is 2.36. The topological polar surface area (TPSA) is 38.7 Å². The molecule has 1 aromatic carbocycles. The van der Waals surface area contributed by atoms with Crippen LogP contribution in [0.25, 0.3) is 0 Å². The standard InChI is InChI=1S/C18H26O3/c1-11-6-12(15-17(2,3)9-20-15)7-13(14(11)8-19)16-18(4,5)10-21-16/h6-7,15-16,19H,8-10H2,1-5H3. The first-order valence-electron chi connectivity index (χ1n) is 7.74. The van der Waals surface area contributed by atoms with Gasteiger partial charge in [-0.3, -0.25) is 0 Å². The fourth-order valence-electron chi connectivity index (χ4n) is 3.53. The first-order chi connectivity index (χ1) is 9.76. The number of aryl methyl sites for hydroxylation is 1. The van der Waals surface area contributed by atoms with E-state index in [-0.39, 0.29) is 29.6 Å². The lowest BCUT2D eigenvalue weighted by atomic mass is 9.74. The predicted octanol–water partition coefficient (Wildman–Crippen LogP) is 3.68. The normalized spacial score (nSPS) is 29.6. The van der Waals surface area contributed by atoms with E-state index in [2.05, 4.69) is 46.8 Å². The summed E-state index contributed by atoms with van der Waals surface area (Å²) in [5, 5.41) is 9.75. The summed E-state index contributed by atoms with van der Waals surface area (Å²) in [4.78, 5) is 0. The van der Waals surface area contributed by atoms with E-state index in [0.29, 0.717) is 0 Å². The van der Waals surface area contributed by atoms with E-state index >= 15 is 0 Å². The lowest BCUT2D eigenvalue weighted by Gasteiger charge is -2.47.